The van der Waals surface area contributed by atoms with Crippen molar-refractivity contribution in [2.75, 3.05) is 0 Å². The van der Waals surface area contributed by atoms with Gasteiger partial charge in [0.15, 0.2) is 11.6 Å². The summed E-state index contributed by atoms with van der Waals surface area (Å²) in [6, 6.07) is 7.55. The standard InChI is InChI=1S/C23H12F9N3O2/c24-21(25,26)11-5-6-15(18(37)10-11)19-33-20(16-3-1-2-4-17(16)36)35(34-19)14-8-12(22(27,28)29)7-13(9-14)23(30,31)32/h1-10,36-37H. The van der Waals surface area contributed by atoms with Crippen LogP contribution in [0.1, 0.15) is 16.7 Å². The number of phenols is 2. The van der Waals surface area contributed by atoms with E-state index in [1.165, 1.54) is 18.2 Å². The quantitative estimate of drug-likeness (QED) is 0.277. The second-order valence-electron chi connectivity index (χ2n) is 7.68. The monoisotopic (exact) mass is 533 g/mol. The second-order valence-corrected chi connectivity index (χ2v) is 7.68. The molecule has 0 aliphatic carbocycles. The highest BCUT2D eigenvalue weighted by Crippen LogP contribution is 2.40. The Morgan fingerprint density at radius 1 is 0.595 bits per heavy atom. The molecular weight excluding hydrogens is 521 g/mol. The highest BCUT2D eigenvalue weighted by atomic mass is 19.4. The number of para-hydroxylation sites is 1. The SMILES string of the molecule is Oc1cc(C(F)(F)F)ccc1-c1nc(-c2ccccc2O)n(-c2cc(C(F)(F)F)cc(C(F)(F)F)c2)n1. The van der Waals surface area contributed by atoms with Gasteiger partial charge in [-0.15, -0.1) is 5.10 Å². The van der Waals surface area contributed by atoms with Crippen LogP contribution in [-0.4, -0.2) is 25.0 Å². The maximum absolute atomic E-state index is 13.4. The van der Waals surface area contributed by atoms with Crippen molar-refractivity contribution in [2.24, 2.45) is 0 Å². The van der Waals surface area contributed by atoms with Gasteiger partial charge in [-0.05, 0) is 48.5 Å². The van der Waals surface area contributed by atoms with Gasteiger partial charge in [0.05, 0.1) is 33.5 Å². The molecule has 0 amide bonds. The molecule has 4 rings (SSSR count). The van der Waals surface area contributed by atoms with Gasteiger partial charge in [0.1, 0.15) is 11.5 Å². The van der Waals surface area contributed by atoms with Crippen molar-refractivity contribution < 1.29 is 49.7 Å². The van der Waals surface area contributed by atoms with Crippen LogP contribution in [0.3, 0.4) is 0 Å². The number of halogens is 9. The van der Waals surface area contributed by atoms with Gasteiger partial charge in [-0.25, -0.2) is 9.67 Å². The molecule has 0 fully saturated rings. The summed E-state index contributed by atoms with van der Waals surface area (Å²) >= 11 is 0. The lowest BCUT2D eigenvalue weighted by Gasteiger charge is -2.15. The highest BCUT2D eigenvalue weighted by Gasteiger charge is 2.38. The number of aromatic nitrogens is 3. The maximum atomic E-state index is 13.4. The van der Waals surface area contributed by atoms with Crippen molar-refractivity contribution >= 4 is 0 Å². The van der Waals surface area contributed by atoms with E-state index in [1.807, 2.05) is 0 Å². The van der Waals surface area contributed by atoms with Crippen molar-refractivity contribution in [3.63, 3.8) is 0 Å². The number of rotatable bonds is 3. The molecule has 5 nitrogen and oxygen atoms in total. The molecule has 14 heteroatoms. The summed E-state index contributed by atoms with van der Waals surface area (Å²) in [6.07, 6.45) is -15.2. The zero-order valence-electron chi connectivity index (χ0n) is 17.9. The summed E-state index contributed by atoms with van der Waals surface area (Å²) < 4.78 is 120. The zero-order valence-corrected chi connectivity index (χ0v) is 17.9. The van der Waals surface area contributed by atoms with Crippen LogP contribution >= 0.6 is 0 Å². The molecule has 1 aromatic heterocycles. The summed E-state index contributed by atoms with van der Waals surface area (Å²) in [6.45, 7) is 0. The average Bonchev–Trinajstić information content (AvgIpc) is 3.22. The molecule has 0 saturated heterocycles. The Morgan fingerprint density at radius 2 is 1.16 bits per heavy atom. The topological polar surface area (TPSA) is 71.2 Å². The smallest absolute Gasteiger partial charge is 0.416 e. The lowest BCUT2D eigenvalue weighted by Crippen LogP contribution is -2.13. The highest BCUT2D eigenvalue weighted by molar-refractivity contribution is 5.71. The summed E-state index contributed by atoms with van der Waals surface area (Å²) in [5.41, 5.74) is -5.86. The molecule has 0 spiro atoms. The fourth-order valence-electron chi connectivity index (χ4n) is 3.40. The van der Waals surface area contributed by atoms with E-state index in [0.29, 0.717) is 28.9 Å². The van der Waals surface area contributed by atoms with Crippen LogP contribution < -0.4 is 0 Å². The van der Waals surface area contributed by atoms with Crippen LogP contribution in [0.15, 0.2) is 60.7 Å². The third kappa shape index (κ3) is 5.17. The first-order valence-corrected chi connectivity index (χ1v) is 10.0. The summed E-state index contributed by atoms with van der Waals surface area (Å²) in [7, 11) is 0. The van der Waals surface area contributed by atoms with Crippen LogP contribution in [0, 0.1) is 0 Å². The predicted octanol–water partition coefficient (Wildman–Crippen LogP) is 7.07. The fourth-order valence-corrected chi connectivity index (χ4v) is 3.40. The van der Waals surface area contributed by atoms with Gasteiger partial charge in [0.2, 0.25) is 0 Å². The molecular formula is C23H12F9N3O2. The molecule has 0 radical (unpaired) electrons. The average molecular weight is 533 g/mol. The Balaban J connectivity index is 2.00. The lowest BCUT2D eigenvalue weighted by molar-refractivity contribution is -0.143. The number of benzene rings is 3. The Labute approximate surface area is 201 Å². The number of nitrogens with zero attached hydrogens (tertiary/aromatic N) is 3. The molecule has 2 N–H and O–H groups in total. The van der Waals surface area contributed by atoms with Crippen molar-refractivity contribution in [3.05, 3.63) is 77.4 Å². The minimum absolute atomic E-state index is 0.0946. The third-order valence-corrected chi connectivity index (χ3v) is 5.14. The molecule has 0 unspecified atom stereocenters. The first-order valence-electron chi connectivity index (χ1n) is 10.0. The first kappa shape index (κ1) is 25.9. The van der Waals surface area contributed by atoms with Crippen LogP contribution in [-0.2, 0) is 18.5 Å². The molecule has 37 heavy (non-hydrogen) atoms. The van der Waals surface area contributed by atoms with Crippen molar-refractivity contribution in [1.29, 1.82) is 0 Å². The summed E-state index contributed by atoms with van der Waals surface area (Å²) in [4.78, 5) is 4.01. The molecule has 0 bridgehead atoms. The third-order valence-electron chi connectivity index (χ3n) is 5.14. The lowest BCUT2D eigenvalue weighted by atomic mass is 10.1. The molecule has 194 valence electrons. The molecule has 0 atom stereocenters. The molecule has 3 aromatic carbocycles. The zero-order chi connectivity index (χ0) is 27.3. The van der Waals surface area contributed by atoms with E-state index in [0.717, 1.165) is 12.1 Å². The van der Waals surface area contributed by atoms with E-state index >= 15 is 0 Å². The Kier molecular flexibility index (Phi) is 6.08. The Bertz CT molecular complexity index is 1440. The normalized spacial score (nSPS) is 12.7. The largest absolute Gasteiger partial charge is 0.507 e. The summed E-state index contributed by atoms with van der Waals surface area (Å²) in [5.74, 6) is -2.39. The van der Waals surface area contributed by atoms with Crippen molar-refractivity contribution in [3.8, 4) is 40.0 Å². The molecule has 1 heterocycles. The van der Waals surface area contributed by atoms with Crippen LogP contribution in [0.5, 0.6) is 11.5 Å². The van der Waals surface area contributed by atoms with Gasteiger partial charge < -0.3 is 10.2 Å². The Hall–Kier alpha value is -4.23. The van der Waals surface area contributed by atoms with Gasteiger partial charge in [-0.3, -0.25) is 0 Å². The molecule has 0 aliphatic heterocycles. The minimum Gasteiger partial charge on any atom is -0.507 e. The van der Waals surface area contributed by atoms with Gasteiger partial charge in [-0.1, -0.05) is 12.1 Å². The number of hydrogen-bond donors (Lipinski definition) is 2. The minimum atomic E-state index is -5.18. The van der Waals surface area contributed by atoms with E-state index < -0.39 is 69.6 Å². The number of alkyl halides is 9. The fraction of sp³-hybridized carbons (Fsp3) is 0.130. The van der Waals surface area contributed by atoms with Gasteiger partial charge in [0, 0.05) is 0 Å². The molecule has 0 aliphatic rings. The maximum Gasteiger partial charge on any atom is 0.416 e. The van der Waals surface area contributed by atoms with E-state index in [-0.39, 0.29) is 11.6 Å². The van der Waals surface area contributed by atoms with Crippen LogP contribution in [0.2, 0.25) is 0 Å². The van der Waals surface area contributed by atoms with Crippen molar-refractivity contribution in [2.45, 2.75) is 18.5 Å². The number of phenolic OH excluding ortho intramolecular Hbond substituents is 2. The van der Waals surface area contributed by atoms with Crippen LogP contribution in [0.4, 0.5) is 39.5 Å². The number of aromatic hydroxyl groups is 2. The van der Waals surface area contributed by atoms with Crippen LogP contribution in [0.25, 0.3) is 28.5 Å². The van der Waals surface area contributed by atoms with E-state index in [4.69, 9.17) is 0 Å². The van der Waals surface area contributed by atoms with E-state index in [9.17, 15) is 49.7 Å². The van der Waals surface area contributed by atoms with Gasteiger partial charge in [0.25, 0.3) is 0 Å². The van der Waals surface area contributed by atoms with Gasteiger partial charge in [-0.2, -0.15) is 39.5 Å². The number of hydrogen-bond acceptors (Lipinski definition) is 4. The second kappa shape index (κ2) is 8.71. The summed E-state index contributed by atoms with van der Waals surface area (Å²) in [5, 5.41) is 24.3. The Morgan fingerprint density at radius 3 is 1.68 bits per heavy atom. The van der Waals surface area contributed by atoms with E-state index in [2.05, 4.69) is 10.1 Å². The predicted molar refractivity (Wildman–Crippen MR) is 111 cm³/mol. The van der Waals surface area contributed by atoms with E-state index in [1.54, 1.807) is 0 Å². The van der Waals surface area contributed by atoms with Crippen molar-refractivity contribution in [1.82, 2.24) is 14.8 Å². The first-order chi connectivity index (χ1) is 17.1. The van der Waals surface area contributed by atoms with Gasteiger partial charge >= 0.3 is 18.5 Å². The molecule has 4 aromatic rings. The molecule has 0 saturated carbocycles.